The minimum absolute atomic E-state index is 0.0108. The molecule has 5 nitrogen and oxygen atoms in total. The van der Waals surface area contributed by atoms with Gasteiger partial charge < -0.3 is 15.2 Å². The van der Waals surface area contributed by atoms with Crippen LogP contribution in [0.4, 0.5) is 0 Å². The first kappa shape index (κ1) is 14.0. The number of carboxylic acids is 1. The van der Waals surface area contributed by atoms with Crippen molar-refractivity contribution >= 4 is 11.9 Å². The lowest BCUT2D eigenvalue weighted by Crippen LogP contribution is -2.51. The van der Waals surface area contributed by atoms with Crippen LogP contribution in [0.2, 0.25) is 0 Å². The molecule has 0 radical (unpaired) electrons. The Morgan fingerprint density at radius 1 is 1.35 bits per heavy atom. The summed E-state index contributed by atoms with van der Waals surface area (Å²) in [6.07, 6.45) is 3.60. The number of hydrogen-bond donors (Lipinski definition) is 2. The van der Waals surface area contributed by atoms with Crippen molar-refractivity contribution < 1.29 is 19.4 Å². The van der Waals surface area contributed by atoms with Crippen LogP contribution in [0, 0.1) is 0 Å². The number of rotatable bonds is 6. The fourth-order valence-corrected chi connectivity index (χ4v) is 1.99. The van der Waals surface area contributed by atoms with Crippen LogP contribution in [0.1, 0.15) is 45.4 Å². The molecular weight excluding hydrogens is 222 g/mol. The first-order valence-corrected chi connectivity index (χ1v) is 6.12. The third-order valence-electron chi connectivity index (χ3n) is 2.92. The zero-order chi connectivity index (χ0) is 12.7. The highest BCUT2D eigenvalue weighted by molar-refractivity contribution is 5.76. The molecule has 0 aromatic heterocycles. The number of nitrogens with one attached hydrogen (secondary N) is 1. The van der Waals surface area contributed by atoms with Gasteiger partial charge in [0.1, 0.15) is 0 Å². The average Bonchev–Trinajstić information content (AvgIpc) is 2.24. The third-order valence-corrected chi connectivity index (χ3v) is 2.92. The highest BCUT2D eigenvalue weighted by Gasteiger charge is 2.28. The molecule has 2 N–H and O–H groups in total. The lowest BCUT2D eigenvalue weighted by Gasteiger charge is -2.34. The third kappa shape index (κ3) is 5.68. The Morgan fingerprint density at radius 3 is 2.65 bits per heavy atom. The molecule has 1 fully saturated rings. The van der Waals surface area contributed by atoms with Gasteiger partial charge in [-0.3, -0.25) is 9.59 Å². The van der Waals surface area contributed by atoms with Crippen LogP contribution in [-0.2, 0) is 14.3 Å². The second-order valence-corrected chi connectivity index (χ2v) is 4.87. The number of hydrogen-bond acceptors (Lipinski definition) is 3. The van der Waals surface area contributed by atoms with Crippen molar-refractivity contribution in [3.63, 3.8) is 0 Å². The highest BCUT2D eigenvalue weighted by Crippen LogP contribution is 2.18. The average molecular weight is 243 g/mol. The molecule has 0 aromatic carbocycles. The van der Waals surface area contributed by atoms with Crippen LogP contribution in [0.15, 0.2) is 0 Å². The number of carbonyl (C=O) groups is 2. The van der Waals surface area contributed by atoms with E-state index in [9.17, 15) is 9.59 Å². The van der Waals surface area contributed by atoms with Crippen molar-refractivity contribution in [1.82, 2.24) is 5.32 Å². The molecule has 0 aromatic rings. The fourth-order valence-electron chi connectivity index (χ4n) is 1.99. The summed E-state index contributed by atoms with van der Waals surface area (Å²) < 4.78 is 5.35. The molecule has 98 valence electrons. The number of aliphatic carboxylic acids is 1. The largest absolute Gasteiger partial charge is 0.481 e. The van der Waals surface area contributed by atoms with Crippen LogP contribution in [0.3, 0.4) is 0 Å². The SMILES string of the molecule is CC1(NC(=O)CCCCC(=O)O)CCCOC1. The van der Waals surface area contributed by atoms with Crippen molar-refractivity contribution in [1.29, 1.82) is 0 Å². The van der Waals surface area contributed by atoms with Gasteiger partial charge in [0.25, 0.3) is 0 Å². The molecule has 1 aliphatic rings. The molecular formula is C12H21NO4. The van der Waals surface area contributed by atoms with Crippen molar-refractivity contribution in [2.75, 3.05) is 13.2 Å². The monoisotopic (exact) mass is 243 g/mol. The van der Waals surface area contributed by atoms with E-state index in [0.717, 1.165) is 19.4 Å². The van der Waals surface area contributed by atoms with Gasteiger partial charge in [-0.15, -0.1) is 0 Å². The van der Waals surface area contributed by atoms with E-state index in [1.54, 1.807) is 0 Å². The predicted molar refractivity (Wildman–Crippen MR) is 62.7 cm³/mol. The van der Waals surface area contributed by atoms with E-state index < -0.39 is 5.97 Å². The van der Waals surface area contributed by atoms with Crippen molar-refractivity contribution in [3.05, 3.63) is 0 Å². The number of unbranched alkanes of at least 4 members (excludes halogenated alkanes) is 1. The summed E-state index contributed by atoms with van der Waals surface area (Å²) >= 11 is 0. The van der Waals surface area contributed by atoms with Gasteiger partial charge in [0.05, 0.1) is 12.1 Å². The normalized spacial score (nSPS) is 24.3. The molecule has 0 aliphatic carbocycles. The Kier molecular flexibility index (Phi) is 5.41. The molecule has 1 heterocycles. The van der Waals surface area contributed by atoms with E-state index in [0.29, 0.717) is 25.9 Å². The second kappa shape index (κ2) is 6.59. The molecule has 1 saturated heterocycles. The van der Waals surface area contributed by atoms with E-state index in [-0.39, 0.29) is 17.9 Å². The molecule has 1 atom stereocenters. The van der Waals surface area contributed by atoms with Crippen LogP contribution in [-0.4, -0.2) is 35.7 Å². The van der Waals surface area contributed by atoms with Gasteiger partial charge >= 0.3 is 5.97 Å². The van der Waals surface area contributed by atoms with Gasteiger partial charge in [-0.1, -0.05) is 0 Å². The van der Waals surface area contributed by atoms with Crippen LogP contribution >= 0.6 is 0 Å². The van der Waals surface area contributed by atoms with E-state index >= 15 is 0 Å². The van der Waals surface area contributed by atoms with Gasteiger partial charge in [0, 0.05) is 19.4 Å². The van der Waals surface area contributed by atoms with Crippen LogP contribution in [0.5, 0.6) is 0 Å². The quantitative estimate of drug-likeness (QED) is 0.690. The molecule has 17 heavy (non-hydrogen) atoms. The Bertz CT molecular complexity index is 272. The van der Waals surface area contributed by atoms with Gasteiger partial charge in [-0.25, -0.2) is 0 Å². The van der Waals surface area contributed by atoms with Crippen LogP contribution < -0.4 is 5.32 Å². The summed E-state index contributed by atoms with van der Waals surface area (Å²) in [5.74, 6) is -0.818. The summed E-state index contributed by atoms with van der Waals surface area (Å²) in [4.78, 5) is 21.9. The molecule has 0 saturated carbocycles. The molecule has 0 spiro atoms. The zero-order valence-electron chi connectivity index (χ0n) is 10.3. The fraction of sp³-hybridized carbons (Fsp3) is 0.833. The van der Waals surface area contributed by atoms with E-state index in [1.165, 1.54) is 0 Å². The van der Waals surface area contributed by atoms with Crippen molar-refractivity contribution in [2.24, 2.45) is 0 Å². The Balaban J connectivity index is 2.17. The predicted octanol–water partition coefficient (Wildman–Crippen LogP) is 1.32. The summed E-state index contributed by atoms with van der Waals surface area (Å²) in [5, 5.41) is 11.4. The molecule has 0 bridgehead atoms. The Hall–Kier alpha value is -1.10. The summed E-state index contributed by atoms with van der Waals surface area (Å²) in [6, 6.07) is 0. The van der Waals surface area contributed by atoms with Gasteiger partial charge in [-0.2, -0.15) is 0 Å². The number of amides is 1. The van der Waals surface area contributed by atoms with Crippen LogP contribution in [0.25, 0.3) is 0 Å². The lowest BCUT2D eigenvalue weighted by molar-refractivity contribution is -0.137. The smallest absolute Gasteiger partial charge is 0.303 e. The molecule has 1 rings (SSSR count). The summed E-state index contributed by atoms with van der Waals surface area (Å²) in [7, 11) is 0. The van der Waals surface area contributed by atoms with E-state index in [1.807, 2.05) is 6.92 Å². The summed E-state index contributed by atoms with van der Waals surface area (Å²) in [6.45, 7) is 3.32. The minimum atomic E-state index is -0.807. The molecule has 5 heteroatoms. The Morgan fingerprint density at radius 2 is 2.06 bits per heavy atom. The van der Waals surface area contributed by atoms with Gasteiger partial charge in [-0.05, 0) is 32.6 Å². The zero-order valence-corrected chi connectivity index (χ0v) is 10.3. The Labute approximate surface area is 102 Å². The number of ether oxygens (including phenoxy) is 1. The van der Waals surface area contributed by atoms with Crippen molar-refractivity contribution in [2.45, 2.75) is 51.0 Å². The topological polar surface area (TPSA) is 75.6 Å². The first-order valence-electron chi connectivity index (χ1n) is 6.12. The van der Waals surface area contributed by atoms with Gasteiger partial charge in [0.2, 0.25) is 5.91 Å². The maximum absolute atomic E-state index is 11.6. The molecule has 1 aliphatic heterocycles. The minimum Gasteiger partial charge on any atom is -0.481 e. The lowest BCUT2D eigenvalue weighted by atomic mass is 9.94. The number of carboxylic acid groups (broad SMARTS) is 1. The maximum atomic E-state index is 11.6. The first-order chi connectivity index (χ1) is 8.02. The summed E-state index contributed by atoms with van der Waals surface area (Å²) in [5.41, 5.74) is -0.248. The maximum Gasteiger partial charge on any atom is 0.303 e. The van der Waals surface area contributed by atoms with E-state index in [4.69, 9.17) is 9.84 Å². The highest BCUT2D eigenvalue weighted by atomic mass is 16.5. The van der Waals surface area contributed by atoms with Crippen molar-refractivity contribution in [3.8, 4) is 0 Å². The second-order valence-electron chi connectivity index (χ2n) is 4.87. The molecule has 1 unspecified atom stereocenters. The van der Waals surface area contributed by atoms with E-state index in [2.05, 4.69) is 5.32 Å². The van der Waals surface area contributed by atoms with Gasteiger partial charge in [0.15, 0.2) is 0 Å². The standard InChI is InChI=1S/C12H21NO4/c1-12(7-4-8-17-9-12)13-10(14)5-2-3-6-11(15)16/h2-9H2,1H3,(H,13,14)(H,15,16). The number of carbonyl (C=O) groups excluding carboxylic acids is 1. The molecule has 1 amide bonds.